The summed E-state index contributed by atoms with van der Waals surface area (Å²) in [6, 6.07) is -0.127. The van der Waals surface area contributed by atoms with Crippen molar-refractivity contribution in [1.82, 2.24) is 10.6 Å². The van der Waals surface area contributed by atoms with Crippen LogP contribution in [0.2, 0.25) is 0 Å². The van der Waals surface area contributed by atoms with Crippen molar-refractivity contribution >= 4 is 12.0 Å². The van der Waals surface area contributed by atoms with Gasteiger partial charge in [-0.2, -0.15) is 0 Å². The van der Waals surface area contributed by atoms with E-state index in [1.54, 1.807) is 12.2 Å². The second kappa shape index (κ2) is 6.29. The van der Waals surface area contributed by atoms with E-state index >= 15 is 0 Å². The van der Waals surface area contributed by atoms with Gasteiger partial charge >= 0.3 is 12.0 Å². The van der Waals surface area contributed by atoms with Crippen LogP contribution in [0.1, 0.15) is 39.5 Å². The van der Waals surface area contributed by atoms with E-state index in [1.807, 2.05) is 0 Å². The van der Waals surface area contributed by atoms with E-state index in [1.165, 1.54) is 0 Å². The lowest BCUT2D eigenvalue weighted by Gasteiger charge is -2.33. The highest BCUT2D eigenvalue weighted by Crippen LogP contribution is 2.28. The molecule has 112 valence electrons. The van der Waals surface area contributed by atoms with Crippen molar-refractivity contribution in [2.24, 2.45) is 17.8 Å². The molecule has 1 saturated carbocycles. The molecular formula is C15H24N2O3. The number of carboxylic acids is 1. The summed E-state index contributed by atoms with van der Waals surface area (Å²) >= 11 is 0. The zero-order valence-corrected chi connectivity index (χ0v) is 12.1. The minimum atomic E-state index is -0.833. The summed E-state index contributed by atoms with van der Waals surface area (Å²) in [5.41, 5.74) is 0. The first-order valence-electron chi connectivity index (χ1n) is 7.44. The maximum atomic E-state index is 12.0. The van der Waals surface area contributed by atoms with Crippen LogP contribution >= 0.6 is 0 Å². The Morgan fingerprint density at radius 2 is 1.85 bits per heavy atom. The van der Waals surface area contributed by atoms with Crippen LogP contribution in [-0.2, 0) is 4.79 Å². The molecule has 2 amide bonds. The SMILES string of the molecule is CC1CCC(NC(=O)NC2C=CC(C(=O)O)C2)C(C)C1. The molecule has 0 aromatic heterocycles. The molecule has 0 heterocycles. The number of amides is 2. The molecule has 0 aromatic rings. The summed E-state index contributed by atoms with van der Waals surface area (Å²) in [7, 11) is 0. The van der Waals surface area contributed by atoms with Crippen molar-refractivity contribution in [3.63, 3.8) is 0 Å². The van der Waals surface area contributed by atoms with Crippen LogP contribution < -0.4 is 10.6 Å². The van der Waals surface area contributed by atoms with Gasteiger partial charge in [0.2, 0.25) is 0 Å². The van der Waals surface area contributed by atoms with E-state index in [4.69, 9.17) is 5.11 Å². The predicted molar refractivity (Wildman–Crippen MR) is 76.3 cm³/mol. The van der Waals surface area contributed by atoms with Crippen molar-refractivity contribution in [2.45, 2.75) is 51.6 Å². The molecule has 5 atom stereocenters. The Morgan fingerprint density at radius 3 is 2.45 bits per heavy atom. The number of urea groups is 1. The first-order chi connectivity index (χ1) is 9.45. The molecule has 5 nitrogen and oxygen atoms in total. The largest absolute Gasteiger partial charge is 0.481 e. The number of aliphatic carboxylic acids is 1. The third-order valence-electron chi connectivity index (χ3n) is 4.47. The number of carbonyl (C=O) groups excluding carboxylic acids is 1. The summed E-state index contributed by atoms with van der Waals surface area (Å²) in [6.07, 6.45) is 7.19. The molecule has 2 aliphatic rings. The predicted octanol–water partition coefficient (Wildman–Crippen LogP) is 2.14. The molecule has 0 aliphatic heterocycles. The summed E-state index contributed by atoms with van der Waals surface area (Å²) in [5.74, 6) is -0.0776. The Morgan fingerprint density at radius 1 is 1.10 bits per heavy atom. The molecule has 1 fully saturated rings. The topological polar surface area (TPSA) is 78.4 Å². The van der Waals surface area contributed by atoms with Gasteiger partial charge in [-0.15, -0.1) is 0 Å². The van der Waals surface area contributed by atoms with Crippen LogP contribution in [0.5, 0.6) is 0 Å². The summed E-state index contributed by atoms with van der Waals surface area (Å²) in [6.45, 7) is 4.43. The van der Waals surface area contributed by atoms with Gasteiger partial charge in [-0.05, 0) is 37.5 Å². The number of hydrogen-bond acceptors (Lipinski definition) is 2. The third-order valence-corrected chi connectivity index (χ3v) is 4.47. The molecular weight excluding hydrogens is 256 g/mol. The molecule has 0 spiro atoms. The first kappa shape index (κ1) is 14.9. The zero-order valence-electron chi connectivity index (χ0n) is 12.1. The van der Waals surface area contributed by atoms with Crippen molar-refractivity contribution in [3.8, 4) is 0 Å². The van der Waals surface area contributed by atoms with E-state index in [2.05, 4.69) is 24.5 Å². The Hall–Kier alpha value is -1.52. The van der Waals surface area contributed by atoms with E-state index in [0.29, 0.717) is 12.3 Å². The van der Waals surface area contributed by atoms with Crippen LogP contribution in [-0.4, -0.2) is 29.2 Å². The van der Waals surface area contributed by atoms with E-state index in [0.717, 1.165) is 25.2 Å². The third kappa shape index (κ3) is 3.74. The Labute approximate surface area is 119 Å². The van der Waals surface area contributed by atoms with Crippen molar-refractivity contribution in [3.05, 3.63) is 12.2 Å². The molecule has 5 heteroatoms. The fourth-order valence-corrected chi connectivity index (χ4v) is 3.25. The summed E-state index contributed by atoms with van der Waals surface area (Å²) in [5, 5.41) is 14.8. The molecule has 3 N–H and O–H groups in total. The number of hydrogen-bond donors (Lipinski definition) is 3. The van der Waals surface area contributed by atoms with Gasteiger partial charge in [0.25, 0.3) is 0 Å². The Bertz CT molecular complexity index is 408. The fraction of sp³-hybridized carbons (Fsp3) is 0.733. The quantitative estimate of drug-likeness (QED) is 0.693. The van der Waals surface area contributed by atoms with Crippen molar-refractivity contribution in [2.75, 3.05) is 0 Å². The fourth-order valence-electron chi connectivity index (χ4n) is 3.25. The number of carboxylic acid groups (broad SMARTS) is 1. The monoisotopic (exact) mass is 280 g/mol. The van der Waals surface area contributed by atoms with Crippen molar-refractivity contribution in [1.29, 1.82) is 0 Å². The Balaban J connectivity index is 1.76. The Kier molecular flexibility index (Phi) is 4.68. The number of nitrogens with one attached hydrogen (secondary N) is 2. The van der Waals surface area contributed by atoms with Crippen LogP contribution in [0.3, 0.4) is 0 Å². The van der Waals surface area contributed by atoms with Gasteiger partial charge in [0.05, 0.1) is 12.0 Å². The highest BCUT2D eigenvalue weighted by atomic mass is 16.4. The highest BCUT2D eigenvalue weighted by Gasteiger charge is 2.28. The first-order valence-corrected chi connectivity index (χ1v) is 7.44. The molecule has 2 rings (SSSR count). The van der Waals surface area contributed by atoms with Crippen LogP contribution in [0, 0.1) is 17.8 Å². The minimum Gasteiger partial charge on any atom is -0.481 e. The van der Waals surface area contributed by atoms with E-state index < -0.39 is 11.9 Å². The van der Waals surface area contributed by atoms with Gasteiger partial charge in [0.1, 0.15) is 0 Å². The van der Waals surface area contributed by atoms with Gasteiger partial charge < -0.3 is 15.7 Å². The lowest BCUT2D eigenvalue weighted by molar-refractivity contribution is -0.140. The normalized spacial score (nSPS) is 36.6. The van der Waals surface area contributed by atoms with Crippen LogP contribution in [0.25, 0.3) is 0 Å². The molecule has 5 unspecified atom stereocenters. The zero-order chi connectivity index (χ0) is 14.7. The van der Waals surface area contributed by atoms with Gasteiger partial charge in [0, 0.05) is 6.04 Å². The van der Waals surface area contributed by atoms with Gasteiger partial charge in [-0.3, -0.25) is 4.79 Å². The average Bonchev–Trinajstić information content (AvgIpc) is 2.81. The summed E-state index contributed by atoms with van der Waals surface area (Å²) in [4.78, 5) is 22.8. The highest BCUT2D eigenvalue weighted by molar-refractivity contribution is 5.76. The lowest BCUT2D eigenvalue weighted by Crippen LogP contribution is -2.49. The maximum Gasteiger partial charge on any atom is 0.315 e. The molecule has 0 bridgehead atoms. The lowest BCUT2D eigenvalue weighted by atomic mass is 9.80. The molecule has 0 saturated heterocycles. The smallest absolute Gasteiger partial charge is 0.315 e. The van der Waals surface area contributed by atoms with Crippen LogP contribution in [0.4, 0.5) is 4.79 Å². The molecule has 2 aliphatic carbocycles. The second-order valence-corrected chi connectivity index (χ2v) is 6.29. The molecule has 20 heavy (non-hydrogen) atoms. The molecule has 0 radical (unpaired) electrons. The summed E-state index contributed by atoms with van der Waals surface area (Å²) < 4.78 is 0. The van der Waals surface area contributed by atoms with Gasteiger partial charge in [-0.25, -0.2) is 4.79 Å². The van der Waals surface area contributed by atoms with Crippen LogP contribution in [0.15, 0.2) is 12.2 Å². The minimum absolute atomic E-state index is 0.172. The maximum absolute atomic E-state index is 12.0. The van der Waals surface area contributed by atoms with Crippen molar-refractivity contribution < 1.29 is 14.7 Å². The standard InChI is InChI=1S/C15H24N2O3/c1-9-3-6-13(10(2)7-9)17-15(20)16-12-5-4-11(8-12)14(18)19/h4-5,9-13H,3,6-8H2,1-2H3,(H,18,19)(H2,16,17,20). The van der Waals surface area contributed by atoms with E-state index in [-0.39, 0.29) is 18.1 Å². The van der Waals surface area contributed by atoms with E-state index in [9.17, 15) is 9.59 Å². The van der Waals surface area contributed by atoms with Gasteiger partial charge in [0.15, 0.2) is 0 Å². The van der Waals surface area contributed by atoms with Gasteiger partial charge in [-0.1, -0.05) is 26.0 Å². The number of carbonyl (C=O) groups is 2. The average molecular weight is 280 g/mol. The second-order valence-electron chi connectivity index (χ2n) is 6.29. The molecule has 0 aromatic carbocycles. The number of rotatable bonds is 3.